The molecule has 13 heavy (non-hydrogen) atoms. The van der Waals surface area contributed by atoms with Crippen molar-refractivity contribution in [2.75, 3.05) is 7.11 Å². The maximum atomic E-state index is 11.1. The van der Waals surface area contributed by atoms with Crippen LogP contribution < -0.4 is 0 Å². The number of hydrogen-bond acceptors (Lipinski definition) is 4. The van der Waals surface area contributed by atoms with Crippen LogP contribution in [0.1, 0.15) is 16.2 Å². The lowest BCUT2D eigenvalue weighted by Gasteiger charge is -1.95. The minimum Gasteiger partial charge on any atom is -0.464 e. The molecule has 0 saturated carbocycles. The summed E-state index contributed by atoms with van der Waals surface area (Å²) in [5.41, 5.74) is 0.717. The highest BCUT2D eigenvalue weighted by molar-refractivity contribution is 9.10. The molecule has 0 atom stereocenters. The molecule has 0 aliphatic heterocycles. The van der Waals surface area contributed by atoms with E-state index in [9.17, 15) is 4.79 Å². The van der Waals surface area contributed by atoms with Crippen molar-refractivity contribution in [3.63, 3.8) is 0 Å². The van der Waals surface area contributed by atoms with Gasteiger partial charge in [0.05, 0.1) is 23.9 Å². The molecule has 5 nitrogen and oxygen atoms in total. The molecule has 0 bridgehead atoms. The van der Waals surface area contributed by atoms with E-state index in [1.165, 1.54) is 11.8 Å². The maximum Gasteiger partial charge on any atom is 0.359 e. The zero-order valence-electron chi connectivity index (χ0n) is 7.24. The Balaban J connectivity index is 3.18. The zero-order valence-corrected chi connectivity index (χ0v) is 8.83. The summed E-state index contributed by atoms with van der Waals surface area (Å²) >= 11 is 3.16. The second-order valence-electron chi connectivity index (χ2n) is 2.38. The molecule has 6 heteroatoms. The van der Waals surface area contributed by atoms with Gasteiger partial charge in [-0.15, -0.1) is 0 Å². The molecule has 0 amide bonds. The van der Waals surface area contributed by atoms with E-state index in [0.29, 0.717) is 10.2 Å². The number of aryl methyl sites for hydroxylation is 1. The quantitative estimate of drug-likeness (QED) is 0.773. The summed E-state index contributed by atoms with van der Waals surface area (Å²) in [6, 6.07) is 0. The van der Waals surface area contributed by atoms with Gasteiger partial charge in [-0.1, -0.05) is 0 Å². The van der Waals surface area contributed by atoms with Crippen LogP contribution in [0.25, 0.3) is 0 Å². The molecule has 0 radical (unpaired) electrons. The third-order valence-corrected chi connectivity index (χ3v) is 2.46. The highest BCUT2D eigenvalue weighted by Crippen LogP contribution is 2.21. The third-order valence-electron chi connectivity index (χ3n) is 1.63. The van der Waals surface area contributed by atoms with Crippen LogP contribution in [-0.2, 0) is 18.4 Å². The van der Waals surface area contributed by atoms with E-state index in [1.54, 1.807) is 7.05 Å². The Morgan fingerprint density at radius 2 is 2.38 bits per heavy atom. The number of methoxy groups -OCH3 is 1. The van der Waals surface area contributed by atoms with Gasteiger partial charge in [-0.05, 0) is 15.9 Å². The van der Waals surface area contributed by atoms with Crippen LogP contribution >= 0.6 is 15.9 Å². The average Bonchev–Trinajstić information content (AvgIpc) is 2.40. The van der Waals surface area contributed by atoms with Gasteiger partial charge < -0.3 is 9.84 Å². The Labute approximate surface area is 83.4 Å². The van der Waals surface area contributed by atoms with Crippen LogP contribution in [0, 0.1) is 0 Å². The molecule has 0 spiro atoms. The predicted octanol–water partition coefficient (Wildman–Crippen LogP) is 0.461. The first-order chi connectivity index (χ1) is 6.11. The van der Waals surface area contributed by atoms with Gasteiger partial charge in [0.25, 0.3) is 0 Å². The molecule has 0 unspecified atom stereocenters. The SMILES string of the molecule is COC(=O)c1nn(C)c(CO)c1Br. The molecule has 0 fully saturated rings. The van der Waals surface area contributed by atoms with Crippen molar-refractivity contribution >= 4 is 21.9 Å². The molecular formula is C7H9BrN2O3. The molecule has 1 aromatic heterocycles. The van der Waals surface area contributed by atoms with Crippen molar-refractivity contribution in [2.24, 2.45) is 7.05 Å². The first-order valence-corrected chi connectivity index (χ1v) is 4.31. The smallest absolute Gasteiger partial charge is 0.359 e. The van der Waals surface area contributed by atoms with Crippen LogP contribution in [0.2, 0.25) is 0 Å². The average molecular weight is 249 g/mol. The molecule has 0 aliphatic carbocycles. The zero-order chi connectivity index (χ0) is 10.0. The van der Waals surface area contributed by atoms with Gasteiger partial charge >= 0.3 is 5.97 Å². The number of aliphatic hydroxyl groups is 1. The molecule has 1 aromatic rings. The first kappa shape index (κ1) is 10.2. The van der Waals surface area contributed by atoms with E-state index in [1.807, 2.05) is 0 Å². The number of carbonyl (C=O) groups is 1. The largest absolute Gasteiger partial charge is 0.464 e. The fraction of sp³-hybridized carbons (Fsp3) is 0.429. The summed E-state index contributed by atoms with van der Waals surface area (Å²) in [6.45, 7) is -0.179. The summed E-state index contributed by atoms with van der Waals surface area (Å²) in [6.07, 6.45) is 0. The topological polar surface area (TPSA) is 64.3 Å². The Hall–Kier alpha value is -0.880. The predicted molar refractivity (Wildman–Crippen MR) is 48.2 cm³/mol. The summed E-state index contributed by atoms with van der Waals surface area (Å²) < 4.78 is 6.41. The van der Waals surface area contributed by atoms with E-state index in [2.05, 4.69) is 25.8 Å². The molecule has 0 saturated heterocycles. The molecule has 1 N–H and O–H groups in total. The van der Waals surface area contributed by atoms with E-state index >= 15 is 0 Å². The standard InChI is InChI=1S/C7H9BrN2O3/c1-10-4(3-11)5(8)6(9-10)7(12)13-2/h11H,3H2,1-2H3. The van der Waals surface area contributed by atoms with Crippen molar-refractivity contribution in [1.29, 1.82) is 0 Å². The van der Waals surface area contributed by atoms with Crippen molar-refractivity contribution in [1.82, 2.24) is 9.78 Å². The number of aromatic nitrogens is 2. The Kier molecular flexibility index (Phi) is 3.05. The second-order valence-corrected chi connectivity index (χ2v) is 3.18. The lowest BCUT2D eigenvalue weighted by Crippen LogP contribution is -2.03. The van der Waals surface area contributed by atoms with Crippen LogP contribution in [0.3, 0.4) is 0 Å². The number of rotatable bonds is 2. The fourth-order valence-corrected chi connectivity index (χ4v) is 1.56. The summed E-state index contributed by atoms with van der Waals surface area (Å²) in [7, 11) is 2.92. The molecular weight excluding hydrogens is 240 g/mol. The van der Waals surface area contributed by atoms with Crippen molar-refractivity contribution < 1.29 is 14.6 Å². The number of nitrogens with zero attached hydrogens (tertiary/aromatic N) is 2. The van der Waals surface area contributed by atoms with Crippen LogP contribution in [0.15, 0.2) is 4.47 Å². The van der Waals surface area contributed by atoms with Crippen LogP contribution in [0.4, 0.5) is 0 Å². The summed E-state index contributed by atoms with van der Waals surface area (Å²) in [4.78, 5) is 11.1. The second kappa shape index (κ2) is 3.89. The van der Waals surface area contributed by atoms with Crippen molar-refractivity contribution in [3.8, 4) is 0 Å². The lowest BCUT2D eigenvalue weighted by atomic mass is 10.3. The van der Waals surface area contributed by atoms with Gasteiger partial charge in [0.1, 0.15) is 0 Å². The minimum atomic E-state index is -0.526. The number of halogens is 1. The minimum absolute atomic E-state index is 0.175. The van der Waals surface area contributed by atoms with Gasteiger partial charge in [-0.25, -0.2) is 4.79 Å². The summed E-state index contributed by atoms with van der Waals surface area (Å²) in [5, 5.41) is 12.8. The fourth-order valence-electron chi connectivity index (χ4n) is 0.932. The van der Waals surface area contributed by atoms with Gasteiger partial charge in [0.2, 0.25) is 0 Å². The van der Waals surface area contributed by atoms with E-state index < -0.39 is 5.97 Å². The number of aliphatic hydroxyl groups excluding tert-OH is 1. The van der Waals surface area contributed by atoms with Gasteiger partial charge in [-0.2, -0.15) is 5.10 Å². The van der Waals surface area contributed by atoms with Crippen molar-refractivity contribution in [3.05, 3.63) is 15.9 Å². The van der Waals surface area contributed by atoms with Crippen LogP contribution in [-0.4, -0.2) is 28.0 Å². The summed E-state index contributed by atoms with van der Waals surface area (Å²) in [5.74, 6) is -0.526. The maximum absolute atomic E-state index is 11.1. The first-order valence-electron chi connectivity index (χ1n) is 3.52. The van der Waals surface area contributed by atoms with Gasteiger partial charge in [0.15, 0.2) is 5.69 Å². The molecule has 1 heterocycles. The molecule has 0 aromatic carbocycles. The Morgan fingerprint density at radius 3 is 2.77 bits per heavy atom. The van der Waals surface area contributed by atoms with Crippen LogP contribution in [0.5, 0.6) is 0 Å². The van der Waals surface area contributed by atoms with E-state index in [4.69, 9.17) is 5.11 Å². The molecule has 0 aliphatic rings. The Bertz CT molecular complexity index is 335. The highest BCUT2D eigenvalue weighted by atomic mass is 79.9. The highest BCUT2D eigenvalue weighted by Gasteiger charge is 2.19. The van der Waals surface area contributed by atoms with E-state index in [0.717, 1.165) is 0 Å². The van der Waals surface area contributed by atoms with Gasteiger partial charge in [-0.3, -0.25) is 4.68 Å². The normalized spacial score (nSPS) is 10.2. The number of ether oxygens (including phenoxy) is 1. The number of carbonyl (C=O) groups excluding carboxylic acids is 1. The molecule has 1 rings (SSSR count). The van der Waals surface area contributed by atoms with Gasteiger partial charge in [0, 0.05) is 7.05 Å². The molecule has 72 valence electrons. The van der Waals surface area contributed by atoms with Crippen molar-refractivity contribution in [2.45, 2.75) is 6.61 Å². The lowest BCUT2D eigenvalue weighted by molar-refractivity contribution is 0.0592. The Morgan fingerprint density at radius 1 is 1.77 bits per heavy atom. The number of esters is 1. The third kappa shape index (κ3) is 1.73. The monoisotopic (exact) mass is 248 g/mol. The van der Waals surface area contributed by atoms with E-state index in [-0.39, 0.29) is 12.3 Å². The number of hydrogen-bond donors (Lipinski definition) is 1.